The highest BCUT2D eigenvalue weighted by Gasteiger charge is 2.36. The van der Waals surface area contributed by atoms with E-state index in [2.05, 4.69) is 33.9 Å². The number of hydrogen-bond donors (Lipinski definition) is 0. The molecule has 0 unspecified atom stereocenters. The monoisotopic (exact) mass is 497 g/mol. The molecule has 6 nitrogen and oxygen atoms in total. The quantitative estimate of drug-likeness (QED) is 0.169. The standard InChI is InChI=1S/C25H43NO5SSi/c1-23(2,3)30-21(27)18-26(22(28)31-24(4,5)6)19-13-12-14-20(17-19)32-16-15-29-33(10,11)25(7,8)9/h12-14,17H,15-16,18H2,1-11H3. The third-order valence-corrected chi connectivity index (χ3v) is 10.6. The van der Waals surface area contributed by atoms with Gasteiger partial charge in [-0.15, -0.1) is 11.8 Å². The molecule has 0 aliphatic carbocycles. The summed E-state index contributed by atoms with van der Waals surface area (Å²) in [7, 11) is -1.78. The Bertz CT molecular complexity index is 806. The van der Waals surface area contributed by atoms with E-state index in [0.29, 0.717) is 12.3 Å². The van der Waals surface area contributed by atoms with Gasteiger partial charge in [0.2, 0.25) is 0 Å². The van der Waals surface area contributed by atoms with Gasteiger partial charge >= 0.3 is 12.1 Å². The number of ether oxygens (including phenoxy) is 2. The molecule has 8 heteroatoms. The smallest absolute Gasteiger partial charge is 0.415 e. The Kier molecular flexibility index (Phi) is 10.1. The zero-order valence-electron chi connectivity index (χ0n) is 22.3. The molecule has 33 heavy (non-hydrogen) atoms. The summed E-state index contributed by atoms with van der Waals surface area (Å²) < 4.78 is 17.2. The molecule has 0 heterocycles. The second-order valence-corrected chi connectivity index (χ2v) is 17.6. The zero-order chi connectivity index (χ0) is 25.7. The summed E-state index contributed by atoms with van der Waals surface area (Å²) in [6.45, 7) is 22.4. The van der Waals surface area contributed by atoms with Gasteiger partial charge < -0.3 is 13.9 Å². The van der Waals surface area contributed by atoms with Gasteiger partial charge in [-0.3, -0.25) is 9.69 Å². The minimum Gasteiger partial charge on any atom is -0.459 e. The van der Waals surface area contributed by atoms with E-state index < -0.39 is 31.6 Å². The molecule has 1 aromatic rings. The average molecular weight is 498 g/mol. The fourth-order valence-corrected chi connectivity index (χ4v) is 4.47. The van der Waals surface area contributed by atoms with E-state index in [1.807, 2.05) is 18.2 Å². The summed E-state index contributed by atoms with van der Waals surface area (Å²) in [5.74, 6) is 0.309. The Balaban J connectivity index is 2.95. The third-order valence-electron chi connectivity index (χ3n) is 5.07. The minimum absolute atomic E-state index is 0.174. The number of amides is 1. The summed E-state index contributed by atoms with van der Waals surface area (Å²) in [5, 5.41) is 0.174. The molecule has 0 fully saturated rings. The molecule has 0 radical (unpaired) electrons. The van der Waals surface area contributed by atoms with E-state index in [9.17, 15) is 9.59 Å². The van der Waals surface area contributed by atoms with Gasteiger partial charge in [-0.25, -0.2) is 4.79 Å². The SMILES string of the molecule is CC(C)(C)OC(=O)CN(C(=O)OC(C)(C)C)c1cccc(SCCO[Si](C)(C)C(C)(C)C)c1. The molecule has 0 aliphatic heterocycles. The first kappa shape index (κ1) is 29.5. The van der Waals surface area contributed by atoms with Crippen molar-refractivity contribution < 1.29 is 23.5 Å². The van der Waals surface area contributed by atoms with Crippen LogP contribution in [0.3, 0.4) is 0 Å². The van der Waals surface area contributed by atoms with Gasteiger partial charge in [0, 0.05) is 22.9 Å². The van der Waals surface area contributed by atoms with E-state index in [4.69, 9.17) is 13.9 Å². The summed E-state index contributed by atoms with van der Waals surface area (Å²) in [6.07, 6.45) is -0.586. The van der Waals surface area contributed by atoms with E-state index in [1.165, 1.54) is 4.90 Å². The van der Waals surface area contributed by atoms with Gasteiger partial charge in [0.25, 0.3) is 0 Å². The van der Waals surface area contributed by atoms with Crippen molar-refractivity contribution in [3.05, 3.63) is 24.3 Å². The largest absolute Gasteiger partial charge is 0.459 e. The molecule has 0 saturated carbocycles. The maximum absolute atomic E-state index is 12.9. The number of thioether (sulfide) groups is 1. The van der Waals surface area contributed by atoms with Crippen LogP contribution < -0.4 is 4.90 Å². The lowest BCUT2D eigenvalue weighted by Crippen LogP contribution is -2.42. The number of benzene rings is 1. The highest BCUT2D eigenvalue weighted by Crippen LogP contribution is 2.36. The predicted octanol–water partition coefficient (Wildman–Crippen LogP) is 6.88. The van der Waals surface area contributed by atoms with Crippen molar-refractivity contribution in [1.29, 1.82) is 0 Å². The fraction of sp³-hybridized carbons (Fsp3) is 0.680. The van der Waals surface area contributed by atoms with Crippen LogP contribution in [0.1, 0.15) is 62.3 Å². The van der Waals surface area contributed by atoms with Crippen LogP contribution in [0.15, 0.2) is 29.2 Å². The van der Waals surface area contributed by atoms with Crippen molar-refractivity contribution in [1.82, 2.24) is 0 Å². The molecular formula is C25H43NO5SSi. The van der Waals surface area contributed by atoms with E-state index >= 15 is 0 Å². The van der Waals surface area contributed by atoms with Crippen LogP contribution in [-0.2, 0) is 18.7 Å². The van der Waals surface area contributed by atoms with Crippen LogP contribution in [0.5, 0.6) is 0 Å². The normalized spacial score (nSPS) is 12.9. The lowest BCUT2D eigenvalue weighted by Gasteiger charge is -2.36. The molecule has 0 saturated heterocycles. The first-order valence-corrected chi connectivity index (χ1v) is 15.3. The molecule has 1 amide bonds. The lowest BCUT2D eigenvalue weighted by atomic mass is 10.2. The van der Waals surface area contributed by atoms with Gasteiger partial charge in [-0.2, -0.15) is 0 Å². The van der Waals surface area contributed by atoms with E-state index in [1.54, 1.807) is 59.4 Å². The van der Waals surface area contributed by atoms with Crippen LogP contribution >= 0.6 is 11.8 Å². The minimum atomic E-state index is -1.78. The average Bonchev–Trinajstić information content (AvgIpc) is 2.59. The number of nitrogens with zero attached hydrogens (tertiary/aromatic N) is 1. The van der Waals surface area contributed by atoms with Crippen molar-refractivity contribution >= 4 is 37.8 Å². The summed E-state index contributed by atoms with van der Waals surface area (Å²) in [4.78, 5) is 27.7. The van der Waals surface area contributed by atoms with Crippen LogP contribution in [-0.4, -0.2) is 50.5 Å². The van der Waals surface area contributed by atoms with Crippen molar-refractivity contribution in [2.24, 2.45) is 0 Å². The van der Waals surface area contributed by atoms with Gasteiger partial charge in [0.05, 0.1) is 0 Å². The van der Waals surface area contributed by atoms with Crippen molar-refractivity contribution in [2.75, 3.05) is 23.8 Å². The maximum Gasteiger partial charge on any atom is 0.415 e. The second-order valence-electron chi connectivity index (χ2n) is 11.6. The number of hydrogen-bond acceptors (Lipinski definition) is 6. The first-order chi connectivity index (χ1) is 14.8. The number of esters is 1. The summed E-state index contributed by atoms with van der Waals surface area (Å²) in [5.41, 5.74) is -0.736. The topological polar surface area (TPSA) is 65.1 Å². The molecule has 1 rings (SSSR count). The van der Waals surface area contributed by atoms with Crippen LogP contribution in [0.4, 0.5) is 10.5 Å². The first-order valence-electron chi connectivity index (χ1n) is 11.4. The van der Waals surface area contributed by atoms with Crippen LogP contribution in [0.25, 0.3) is 0 Å². The lowest BCUT2D eigenvalue weighted by molar-refractivity contribution is -0.153. The second kappa shape index (κ2) is 11.3. The molecular weight excluding hydrogens is 454 g/mol. The molecule has 0 atom stereocenters. The van der Waals surface area contributed by atoms with E-state index in [0.717, 1.165) is 10.6 Å². The van der Waals surface area contributed by atoms with Gasteiger partial charge in [-0.1, -0.05) is 26.8 Å². The summed E-state index contributed by atoms with van der Waals surface area (Å²) >= 11 is 1.66. The molecule has 0 aromatic heterocycles. The van der Waals surface area contributed by atoms with Crippen molar-refractivity contribution in [3.8, 4) is 0 Å². The van der Waals surface area contributed by atoms with Crippen molar-refractivity contribution in [3.63, 3.8) is 0 Å². The van der Waals surface area contributed by atoms with E-state index in [-0.39, 0.29) is 11.6 Å². The number of rotatable bonds is 8. The molecule has 0 aliphatic rings. The number of carbonyl (C=O) groups excluding carboxylic acids is 2. The maximum atomic E-state index is 12.9. The van der Waals surface area contributed by atoms with Gasteiger partial charge in [-0.05, 0) is 77.9 Å². The molecule has 0 N–H and O–H groups in total. The van der Waals surface area contributed by atoms with Gasteiger partial charge in [0.1, 0.15) is 17.7 Å². The van der Waals surface area contributed by atoms with Crippen LogP contribution in [0, 0.1) is 0 Å². The Hall–Kier alpha value is -1.51. The van der Waals surface area contributed by atoms with Crippen molar-refractivity contribution in [2.45, 2.75) is 96.5 Å². The Morgan fingerprint density at radius 1 is 0.939 bits per heavy atom. The predicted molar refractivity (Wildman–Crippen MR) is 140 cm³/mol. The number of anilines is 1. The Labute approximate surface area is 205 Å². The van der Waals surface area contributed by atoms with Gasteiger partial charge in [0.15, 0.2) is 8.32 Å². The Morgan fingerprint density at radius 3 is 2.03 bits per heavy atom. The van der Waals surface area contributed by atoms with Crippen LogP contribution in [0.2, 0.25) is 18.1 Å². The highest BCUT2D eigenvalue weighted by atomic mass is 32.2. The fourth-order valence-electron chi connectivity index (χ4n) is 2.50. The molecule has 188 valence electrons. The third kappa shape index (κ3) is 11.0. The molecule has 0 bridgehead atoms. The molecule has 1 aromatic carbocycles. The molecule has 0 spiro atoms. The summed E-state index contributed by atoms with van der Waals surface area (Å²) in [6, 6.07) is 7.55. The number of carbonyl (C=O) groups is 2. The highest BCUT2D eigenvalue weighted by molar-refractivity contribution is 7.99. The Morgan fingerprint density at radius 2 is 1.52 bits per heavy atom. The zero-order valence-corrected chi connectivity index (χ0v) is 24.1.